The number of carboxylic acid groups (broad SMARTS) is 1. The molecule has 0 radical (unpaired) electrons. The molecule has 0 atom stereocenters. The van der Waals surface area contributed by atoms with Gasteiger partial charge < -0.3 is 24.6 Å². The first-order chi connectivity index (χ1) is 16.0. The minimum absolute atomic E-state index is 0.118. The SMILES string of the molecule is COc1cc(-c2ccc(NCC(=O)O)cc2COC2Cc3ccccc3C2)cc(OC)c1C. The number of anilines is 1. The zero-order chi connectivity index (χ0) is 23.4. The standard InChI is InChI=1S/C27H29NO5/c1-17-25(31-2)13-20(14-26(17)32-3)24-9-8-22(28-15-27(29)30)10-21(24)16-33-23-11-18-6-4-5-7-19(18)12-23/h4-10,13-14,23,28H,11-12,15-16H2,1-3H3,(H,29,30). The maximum Gasteiger partial charge on any atom is 0.322 e. The molecule has 4 rings (SSSR count). The first kappa shape index (κ1) is 22.7. The summed E-state index contributed by atoms with van der Waals surface area (Å²) in [6.45, 7) is 2.22. The Morgan fingerprint density at radius 3 is 2.21 bits per heavy atom. The van der Waals surface area contributed by atoms with Crippen molar-refractivity contribution in [2.24, 2.45) is 0 Å². The molecule has 0 unspecified atom stereocenters. The van der Waals surface area contributed by atoms with Crippen LogP contribution in [0.5, 0.6) is 11.5 Å². The van der Waals surface area contributed by atoms with Gasteiger partial charge in [-0.15, -0.1) is 0 Å². The summed E-state index contributed by atoms with van der Waals surface area (Å²) < 4.78 is 17.5. The van der Waals surface area contributed by atoms with Crippen LogP contribution in [0, 0.1) is 6.92 Å². The molecule has 33 heavy (non-hydrogen) atoms. The highest BCUT2D eigenvalue weighted by atomic mass is 16.5. The smallest absolute Gasteiger partial charge is 0.322 e. The van der Waals surface area contributed by atoms with E-state index < -0.39 is 5.97 Å². The van der Waals surface area contributed by atoms with Gasteiger partial charge in [-0.2, -0.15) is 0 Å². The fraction of sp³-hybridized carbons (Fsp3) is 0.296. The molecule has 3 aromatic carbocycles. The number of nitrogens with one attached hydrogen (secondary N) is 1. The number of benzene rings is 3. The molecule has 0 amide bonds. The number of hydrogen-bond donors (Lipinski definition) is 2. The lowest BCUT2D eigenvalue weighted by molar-refractivity contribution is -0.134. The first-order valence-corrected chi connectivity index (χ1v) is 11.0. The van der Waals surface area contributed by atoms with E-state index in [0.29, 0.717) is 6.61 Å². The molecule has 0 heterocycles. The summed E-state index contributed by atoms with van der Waals surface area (Å²) >= 11 is 0. The Labute approximate surface area is 194 Å². The first-order valence-electron chi connectivity index (χ1n) is 11.0. The van der Waals surface area contributed by atoms with Crippen LogP contribution in [0.15, 0.2) is 54.6 Å². The monoisotopic (exact) mass is 447 g/mol. The number of fused-ring (bicyclic) bond motifs is 1. The zero-order valence-corrected chi connectivity index (χ0v) is 19.2. The van der Waals surface area contributed by atoms with E-state index in [1.54, 1.807) is 14.2 Å². The van der Waals surface area contributed by atoms with Crippen molar-refractivity contribution in [2.75, 3.05) is 26.1 Å². The van der Waals surface area contributed by atoms with Crippen LogP contribution in [0.1, 0.15) is 22.3 Å². The van der Waals surface area contributed by atoms with Crippen LogP contribution in [0.4, 0.5) is 5.69 Å². The van der Waals surface area contributed by atoms with E-state index in [1.165, 1.54) is 11.1 Å². The van der Waals surface area contributed by atoms with E-state index in [1.807, 2.05) is 37.3 Å². The fourth-order valence-electron chi connectivity index (χ4n) is 4.37. The Morgan fingerprint density at radius 2 is 1.64 bits per heavy atom. The van der Waals surface area contributed by atoms with Gasteiger partial charge >= 0.3 is 5.97 Å². The van der Waals surface area contributed by atoms with E-state index in [0.717, 1.165) is 52.3 Å². The summed E-state index contributed by atoms with van der Waals surface area (Å²) in [7, 11) is 3.29. The molecule has 0 bridgehead atoms. The van der Waals surface area contributed by atoms with Gasteiger partial charge in [-0.05, 0) is 71.8 Å². The van der Waals surface area contributed by atoms with Crippen molar-refractivity contribution in [1.82, 2.24) is 0 Å². The number of methoxy groups -OCH3 is 2. The highest BCUT2D eigenvalue weighted by Gasteiger charge is 2.22. The van der Waals surface area contributed by atoms with Gasteiger partial charge in [-0.3, -0.25) is 4.79 Å². The zero-order valence-electron chi connectivity index (χ0n) is 19.2. The molecule has 0 spiro atoms. The van der Waals surface area contributed by atoms with Crippen LogP contribution in [-0.2, 0) is 29.0 Å². The topological polar surface area (TPSA) is 77.0 Å². The summed E-state index contributed by atoms with van der Waals surface area (Å²) in [4.78, 5) is 11.0. The number of carboxylic acids is 1. The second-order valence-electron chi connectivity index (χ2n) is 8.23. The van der Waals surface area contributed by atoms with Crippen molar-refractivity contribution in [3.8, 4) is 22.6 Å². The summed E-state index contributed by atoms with van der Waals surface area (Å²) in [6.07, 6.45) is 1.91. The van der Waals surface area contributed by atoms with Gasteiger partial charge in [0.05, 0.1) is 26.9 Å². The minimum atomic E-state index is -0.909. The summed E-state index contributed by atoms with van der Waals surface area (Å²) in [6, 6.07) is 18.3. The normalized spacial score (nSPS) is 12.9. The molecule has 1 aliphatic rings. The lowest BCUT2D eigenvalue weighted by Crippen LogP contribution is -2.14. The van der Waals surface area contributed by atoms with Crippen LogP contribution in [0.25, 0.3) is 11.1 Å². The molecule has 1 aliphatic carbocycles. The van der Waals surface area contributed by atoms with E-state index in [4.69, 9.17) is 19.3 Å². The van der Waals surface area contributed by atoms with Crippen molar-refractivity contribution >= 4 is 11.7 Å². The third-order valence-electron chi connectivity index (χ3n) is 6.10. The minimum Gasteiger partial charge on any atom is -0.496 e. The van der Waals surface area contributed by atoms with Crippen LogP contribution in [0.2, 0.25) is 0 Å². The molecular weight excluding hydrogens is 418 g/mol. The highest BCUT2D eigenvalue weighted by molar-refractivity contribution is 5.76. The van der Waals surface area contributed by atoms with Gasteiger partial charge in [0.15, 0.2) is 0 Å². The average Bonchev–Trinajstić information content (AvgIpc) is 3.25. The molecule has 0 saturated heterocycles. The molecular formula is C27H29NO5. The van der Waals surface area contributed by atoms with Crippen molar-refractivity contribution in [3.63, 3.8) is 0 Å². The van der Waals surface area contributed by atoms with Crippen LogP contribution in [0.3, 0.4) is 0 Å². The van der Waals surface area contributed by atoms with Crippen molar-refractivity contribution in [2.45, 2.75) is 32.5 Å². The Bertz CT molecular complexity index is 1110. The Hall–Kier alpha value is -3.51. The Kier molecular flexibility index (Phi) is 6.84. The second-order valence-corrected chi connectivity index (χ2v) is 8.23. The van der Waals surface area contributed by atoms with Gasteiger partial charge in [-0.1, -0.05) is 30.3 Å². The average molecular weight is 448 g/mol. The van der Waals surface area contributed by atoms with Crippen LogP contribution in [-0.4, -0.2) is 37.9 Å². The van der Waals surface area contributed by atoms with Gasteiger partial charge in [-0.25, -0.2) is 0 Å². The van der Waals surface area contributed by atoms with Crippen LogP contribution >= 0.6 is 0 Å². The van der Waals surface area contributed by atoms with Crippen molar-refractivity contribution < 1.29 is 24.1 Å². The summed E-state index contributed by atoms with van der Waals surface area (Å²) in [5, 5.41) is 12.0. The van der Waals surface area contributed by atoms with Gasteiger partial charge in [0, 0.05) is 11.3 Å². The molecule has 0 aliphatic heterocycles. The van der Waals surface area contributed by atoms with E-state index in [-0.39, 0.29) is 12.6 Å². The lowest BCUT2D eigenvalue weighted by Gasteiger charge is -2.18. The highest BCUT2D eigenvalue weighted by Crippen LogP contribution is 2.37. The van der Waals surface area contributed by atoms with E-state index in [9.17, 15) is 4.79 Å². The van der Waals surface area contributed by atoms with E-state index >= 15 is 0 Å². The second kappa shape index (κ2) is 9.96. The molecule has 6 heteroatoms. The maximum absolute atomic E-state index is 11.0. The predicted molar refractivity (Wildman–Crippen MR) is 128 cm³/mol. The van der Waals surface area contributed by atoms with E-state index in [2.05, 4.69) is 29.6 Å². The van der Waals surface area contributed by atoms with Gasteiger partial charge in [0.25, 0.3) is 0 Å². The number of carbonyl (C=O) groups is 1. The fourth-order valence-corrected chi connectivity index (χ4v) is 4.37. The van der Waals surface area contributed by atoms with Crippen molar-refractivity contribution in [3.05, 3.63) is 76.9 Å². The van der Waals surface area contributed by atoms with Gasteiger partial charge in [0.2, 0.25) is 0 Å². The van der Waals surface area contributed by atoms with Crippen molar-refractivity contribution in [1.29, 1.82) is 0 Å². The third kappa shape index (κ3) is 5.12. The lowest BCUT2D eigenvalue weighted by atomic mass is 9.97. The Balaban J connectivity index is 1.63. The molecule has 3 aromatic rings. The summed E-state index contributed by atoms with van der Waals surface area (Å²) in [5.41, 5.74) is 7.26. The Morgan fingerprint density at radius 1 is 1.00 bits per heavy atom. The molecule has 2 N–H and O–H groups in total. The molecule has 6 nitrogen and oxygen atoms in total. The van der Waals surface area contributed by atoms with Gasteiger partial charge in [0.1, 0.15) is 18.0 Å². The number of hydrogen-bond acceptors (Lipinski definition) is 5. The molecule has 0 fully saturated rings. The number of ether oxygens (including phenoxy) is 3. The third-order valence-corrected chi connectivity index (χ3v) is 6.10. The largest absolute Gasteiger partial charge is 0.496 e. The predicted octanol–water partition coefficient (Wildman–Crippen LogP) is 4.86. The number of rotatable bonds is 9. The molecule has 0 aromatic heterocycles. The molecule has 0 saturated carbocycles. The number of aliphatic carboxylic acids is 1. The maximum atomic E-state index is 11.0. The van der Waals surface area contributed by atoms with Crippen LogP contribution < -0.4 is 14.8 Å². The molecule has 172 valence electrons. The quantitative estimate of drug-likeness (QED) is 0.488. The summed E-state index contributed by atoms with van der Waals surface area (Å²) in [5.74, 6) is 0.583.